The fourth-order valence-electron chi connectivity index (χ4n) is 3.96. The molecule has 1 fully saturated rings. The van der Waals surface area contributed by atoms with E-state index in [0.717, 1.165) is 31.9 Å². The van der Waals surface area contributed by atoms with Crippen LogP contribution in [0.5, 0.6) is 0 Å². The Morgan fingerprint density at radius 2 is 1.96 bits per heavy atom. The molecule has 2 aliphatic rings. The van der Waals surface area contributed by atoms with Crippen LogP contribution in [0.4, 0.5) is 5.69 Å². The molecule has 0 saturated carbocycles. The first-order chi connectivity index (χ1) is 13.5. The zero-order chi connectivity index (χ0) is 19.7. The fourth-order valence-corrected chi connectivity index (χ4v) is 3.96. The van der Waals surface area contributed by atoms with Crippen LogP contribution in [0, 0.1) is 6.92 Å². The second-order valence-electron chi connectivity index (χ2n) is 7.50. The lowest BCUT2D eigenvalue weighted by atomic mass is 10.1. The summed E-state index contributed by atoms with van der Waals surface area (Å²) in [5.74, 6) is -1.01. The van der Waals surface area contributed by atoms with Crippen molar-refractivity contribution in [1.29, 1.82) is 0 Å². The SMILES string of the molecule is Cc1cccc(N2CCN(CC(=O)N3CCc4[nH]nc(C(=O)O)c4C3)CC2)c1. The van der Waals surface area contributed by atoms with Gasteiger partial charge in [0.15, 0.2) is 5.69 Å². The van der Waals surface area contributed by atoms with Gasteiger partial charge in [0, 0.05) is 62.6 Å². The number of anilines is 1. The molecule has 1 aromatic carbocycles. The van der Waals surface area contributed by atoms with Crippen molar-refractivity contribution in [2.24, 2.45) is 0 Å². The van der Waals surface area contributed by atoms with Crippen molar-refractivity contribution in [3.63, 3.8) is 0 Å². The van der Waals surface area contributed by atoms with Crippen LogP contribution < -0.4 is 4.90 Å². The number of carboxylic acids is 1. The quantitative estimate of drug-likeness (QED) is 0.822. The Bertz CT molecular complexity index is 886. The third-order valence-electron chi connectivity index (χ3n) is 5.59. The molecule has 0 unspecified atom stereocenters. The summed E-state index contributed by atoms with van der Waals surface area (Å²) in [5.41, 5.74) is 3.97. The van der Waals surface area contributed by atoms with E-state index in [1.54, 1.807) is 4.90 Å². The van der Waals surface area contributed by atoms with Crippen molar-refractivity contribution in [2.45, 2.75) is 19.9 Å². The van der Waals surface area contributed by atoms with Crippen molar-refractivity contribution in [1.82, 2.24) is 20.0 Å². The molecule has 8 nitrogen and oxygen atoms in total. The number of hydrogen-bond acceptors (Lipinski definition) is 5. The molecule has 2 aliphatic heterocycles. The van der Waals surface area contributed by atoms with E-state index in [2.05, 4.69) is 51.2 Å². The zero-order valence-electron chi connectivity index (χ0n) is 16.0. The average molecular weight is 383 g/mol. The number of aromatic carboxylic acids is 1. The number of carboxylic acid groups (broad SMARTS) is 1. The maximum atomic E-state index is 12.8. The van der Waals surface area contributed by atoms with Gasteiger partial charge in [0.1, 0.15) is 0 Å². The molecule has 0 radical (unpaired) electrons. The number of benzene rings is 1. The summed E-state index contributed by atoms with van der Waals surface area (Å²) in [6.45, 7) is 6.84. The fraction of sp³-hybridized carbons (Fsp3) is 0.450. The van der Waals surface area contributed by atoms with E-state index >= 15 is 0 Å². The van der Waals surface area contributed by atoms with Crippen LogP contribution in [-0.2, 0) is 17.8 Å². The monoisotopic (exact) mass is 383 g/mol. The Balaban J connectivity index is 1.32. The number of aromatic amines is 1. The molecule has 1 amide bonds. The van der Waals surface area contributed by atoms with Crippen molar-refractivity contribution < 1.29 is 14.7 Å². The number of nitrogens with one attached hydrogen (secondary N) is 1. The smallest absolute Gasteiger partial charge is 0.356 e. The van der Waals surface area contributed by atoms with Crippen LogP contribution >= 0.6 is 0 Å². The first-order valence-electron chi connectivity index (χ1n) is 9.62. The minimum atomic E-state index is -1.06. The molecule has 1 aromatic heterocycles. The molecule has 8 heteroatoms. The predicted octanol–water partition coefficient (Wildman–Crippen LogP) is 1.12. The number of carbonyl (C=O) groups is 2. The molecule has 4 rings (SSSR count). The van der Waals surface area contributed by atoms with Crippen LogP contribution in [0.3, 0.4) is 0 Å². The van der Waals surface area contributed by atoms with E-state index in [9.17, 15) is 14.7 Å². The summed E-state index contributed by atoms with van der Waals surface area (Å²) >= 11 is 0. The first-order valence-corrected chi connectivity index (χ1v) is 9.62. The standard InChI is InChI=1S/C20H25N5O3/c1-14-3-2-4-15(11-14)24-9-7-23(8-10-24)13-18(26)25-6-5-17-16(12-25)19(20(27)28)22-21-17/h2-4,11H,5-10,12-13H2,1H3,(H,21,22)(H,27,28). The van der Waals surface area contributed by atoms with Gasteiger partial charge < -0.3 is 14.9 Å². The number of aryl methyl sites for hydroxylation is 1. The summed E-state index contributed by atoms with van der Waals surface area (Å²) in [6.07, 6.45) is 0.614. The molecular weight excluding hydrogens is 358 g/mol. The van der Waals surface area contributed by atoms with E-state index < -0.39 is 5.97 Å². The van der Waals surface area contributed by atoms with E-state index in [1.807, 2.05) is 0 Å². The van der Waals surface area contributed by atoms with Gasteiger partial charge in [-0.2, -0.15) is 5.10 Å². The minimum Gasteiger partial charge on any atom is -0.476 e. The summed E-state index contributed by atoms with van der Waals surface area (Å²) in [6, 6.07) is 8.49. The molecular formula is C20H25N5O3. The third-order valence-corrected chi connectivity index (χ3v) is 5.59. The second kappa shape index (κ2) is 7.63. The molecule has 0 atom stereocenters. The number of rotatable bonds is 4. The van der Waals surface area contributed by atoms with Gasteiger partial charge in [-0.3, -0.25) is 14.8 Å². The van der Waals surface area contributed by atoms with Gasteiger partial charge in [0.05, 0.1) is 6.54 Å². The van der Waals surface area contributed by atoms with Gasteiger partial charge in [-0.15, -0.1) is 0 Å². The van der Waals surface area contributed by atoms with E-state index in [-0.39, 0.29) is 11.6 Å². The Morgan fingerprint density at radius 1 is 1.18 bits per heavy atom. The summed E-state index contributed by atoms with van der Waals surface area (Å²) in [5, 5.41) is 15.9. The second-order valence-corrected chi connectivity index (χ2v) is 7.50. The van der Waals surface area contributed by atoms with E-state index in [1.165, 1.54) is 11.3 Å². The largest absolute Gasteiger partial charge is 0.476 e. The highest BCUT2D eigenvalue weighted by Gasteiger charge is 2.29. The minimum absolute atomic E-state index is 0.0271. The lowest BCUT2D eigenvalue weighted by Gasteiger charge is -2.37. The van der Waals surface area contributed by atoms with Crippen LogP contribution in [0.25, 0.3) is 0 Å². The molecule has 28 heavy (non-hydrogen) atoms. The van der Waals surface area contributed by atoms with Gasteiger partial charge in [0.25, 0.3) is 0 Å². The van der Waals surface area contributed by atoms with Crippen molar-refractivity contribution in [3.05, 3.63) is 46.8 Å². The zero-order valence-corrected chi connectivity index (χ0v) is 16.0. The highest BCUT2D eigenvalue weighted by atomic mass is 16.4. The summed E-state index contributed by atoms with van der Waals surface area (Å²) in [7, 11) is 0. The number of amides is 1. The summed E-state index contributed by atoms with van der Waals surface area (Å²) in [4.78, 5) is 30.3. The number of carbonyl (C=O) groups excluding carboxylic acids is 1. The number of H-pyrrole nitrogens is 1. The Kier molecular flexibility index (Phi) is 5.04. The molecule has 2 aromatic rings. The highest BCUT2D eigenvalue weighted by molar-refractivity contribution is 5.88. The van der Waals surface area contributed by atoms with Gasteiger partial charge in [-0.05, 0) is 24.6 Å². The number of fused-ring (bicyclic) bond motifs is 1. The summed E-state index contributed by atoms with van der Waals surface area (Å²) < 4.78 is 0. The number of hydrogen-bond donors (Lipinski definition) is 2. The highest BCUT2D eigenvalue weighted by Crippen LogP contribution is 2.21. The van der Waals surface area contributed by atoms with Gasteiger partial charge in [-0.1, -0.05) is 12.1 Å². The molecule has 0 aliphatic carbocycles. The Hall–Kier alpha value is -2.87. The maximum Gasteiger partial charge on any atom is 0.356 e. The van der Waals surface area contributed by atoms with E-state index in [0.29, 0.717) is 31.6 Å². The van der Waals surface area contributed by atoms with E-state index in [4.69, 9.17) is 0 Å². The van der Waals surface area contributed by atoms with Crippen molar-refractivity contribution >= 4 is 17.6 Å². The van der Waals surface area contributed by atoms with Crippen molar-refractivity contribution in [3.8, 4) is 0 Å². The lowest BCUT2D eigenvalue weighted by Crippen LogP contribution is -2.50. The van der Waals surface area contributed by atoms with Gasteiger partial charge >= 0.3 is 5.97 Å². The first kappa shape index (κ1) is 18.5. The topological polar surface area (TPSA) is 92.8 Å². The van der Waals surface area contributed by atoms with Crippen LogP contribution in [-0.4, -0.2) is 76.2 Å². The normalized spacial score (nSPS) is 17.5. The molecule has 148 valence electrons. The molecule has 0 bridgehead atoms. The van der Waals surface area contributed by atoms with Crippen LogP contribution in [0.2, 0.25) is 0 Å². The number of aromatic nitrogens is 2. The Morgan fingerprint density at radius 3 is 2.68 bits per heavy atom. The third kappa shape index (κ3) is 3.73. The number of piperazine rings is 1. The van der Waals surface area contributed by atoms with Crippen molar-refractivity contribution in [2.75, 3.05) is 44.2 Å². The molecule has 2 N–H and O–H groups in total. The number of nitrogens with zero attached hydrogens (tertiary/aromatic N) is 4. The predicted molar refractivity (Wildman–Crippen MR) is 105 cm³/mol. The van der Waals surface area contributed by atoms with Gasteiger partial charge in [0.2, 0.25) is 5.91 Å². The maximum absolute atomic E-state index is 12.8. The Labute approximate surface area is 163 Å². The van der Waals surface area contributed by atoms with Crippen LogP contribution in [0.15, 0.2) is 24.3 Å². The molecule has 1 saturated heterocycles. The lowest BCUT2D eigenvalue weighted by molar-refractivity contribution is -0.133. The van der Waals surface area contributed by atoms with Gasteiger partial charge in [-0.25, -0.2) is 4.79 Å². The molecule has 3 heterocycles. The van der Waals surface area contributed by atoms with Crippen LogP contribution in [0.1, 0.15) is 27.3 Å². The average Bonchev–Trinajstić information content (AvgIpc) is 3.12. The molecule has 0 spiro atoms.